The number of hydrogen-bond donors (Lipinski definition) is 1. The highest BCUT2D eigenvalue weighted by Gasteiger charge is 2.14. The summed E-state index contributed by atoms with van der Waals surface area (Å²) in [6.45, 7) is 0. The van der Waals surface area contributed by atoms with Crippen molar-refractivity contribution in [1.29, 1.82) is 0 Å². The number of nitro groups is 1. The van der Waals surface area contributed by atoms with Crippen molar-refractivity contribution in [2.24, 2.45) is 0 Å². The predicted molar refractivity (Wildman–Crippen MR) is 135 cm³/mol. The van der Waals surface area contributed by atoms with E-state index in [1.807, 2.05) is 66.7 Å². The lowest BCUT2D eigenvalue weighted by molar-refractivity contribution is -0.384. The first-order valence-electron chi connectivity index (χ1n) is 10.5. The van der Waals surface area contributed by atoms with Gasteiger partial charge in [0.2, 0.25) is 5.91 Å². The monoisotopic (exact) mass is 466 g/mol. The van der Waals surface area contributed by atoms with Gasteiger partial charge < -0.3 is 5.32 Å². The Labute approximate surface area is 199 Å². The van der Waals surface area contributed by atoms with Gasteiger partial charge in [0, 0.05) is 34.2 Å². The maximum Gasteiger partial charge on any atom is 0.269 e. The third kappa shape index (κ3) is 4.44. The molecule has 7 nitrogen and oxygen atoms in total. The molecule has 1 amide bonds. The summed E-state index contributed by atoms with van der Waals surface area (Å²) in [5.74, 6) is 0.500. The van der Waals surface area contributed by atoms with Crippen LogP contribution in [0.25, 0.3) is 33.1 Å². The van der Waals surface area contributed by atoms with Crippen molar-refractivity contribution in [3.63, 3.8) is 0 Å². The summed E-state index contributed by atoms with van der Waals surface area (Å²) in [6, 6.07) is 27.6. The van der Waals surface area contributed by atoms with Gasteiger partial charge in [0.05, 0.1) is 16.2 Å². The summed E-state index contributed by atoms with van der Waals surface area (Å²) in [5.41, 5.74) is 2.21. The van der Waals surface area contributed by atoms with E-state index in [1.54, 1.807) is 0 Å². The molecule has 0 saturated heterocycles. The van der Waals surface area contributed by atoms with Gasteiger partial charge >= 0.3 is 0 Å². The predicted octanol–water partition coefficient (Wildman–Crippen LogP) is 6.09. The second-order valence-corrected chi connectivity index (χ2v) is 8.51. The molecule has 1 aromatic heterocycles. The van der Waals surface area contributed by atoms with Crippen LogP contribution in [0, 0.1) is 10.1 Å². The van der Waals surface area contributed by atoms with Gasteiger partial charge in [-0.05, 0) is 23.6 Å². The van der Waals surface area contributed by atoms with Crippen molar-refractivity contribution in [3.8, 4) is 11.4 Å². The molecule has 0 aliphatic heterocycles. The quantitative estimate of drug-likeness (QED) is 0.107. The molecule has 0 atom stereocenters. The van der Waals surface area contributed by atoms with Crippen molar-refractivity contribution >= 4 is 50.7 Å². The van der Waals surface area contributed by atoms with E-state index in [2.05, 4.69) is 5.32 Å². The number of nitrogens with zero attached hydrogens (tertiary/aromatic N) is 3. The van der Waals surface area contributed by atoms with Crippen molar-refractivity contribution in [2.75, 3.05) is 11.1 Å². The Morgan fingerprint density at radius 2 is 1.59 bits per heavy atom. The van der Waals surface area contributed by atoms with Crippen LogP contribution in [-0.2, 0) is 4.79 Å². The van der Waals surface area contributed by atoms with Crippen LogP contribution in [0.5, 0.6) is 0 Å². The van der Waals surface area contributed by atoms with Gasteiger partial charge in [-0.2, -0.15) is 0 Å². The first kappa shape index (κ1) is 21.5. The second-order valence-electron chi connectivity index (χ2n) is 7.54. The number of rotatable bonds is 6. The molecule has 0 fully saturated rings. The third-order valence-electron chi connectivity index (χ3n) is 5.29. The van der Waals surface area contributed by atoms with Gasteiger partial charge in [0.15, 0.2) is 5.82 Å². The van der Waals surface area contributed by atoms with Gasteiger partial charge in [-0.25, -0.2) is 9.97 Å². The number of nitro benzene ring substituents is 1. The molecule has 4 aromatic carbocycles. The van der Waals surface area contributed by atoms with E-state index in [0.29, 0.717) is 16.5 Å². The lowest BCUT2D eigenvalue weighted by Gasteiger charge is -2.11. The zero-order valence-electron chi connectivity index (χ0n) is 17.8. The van der Waals surface area contributed by atoms with E-state index < -0.39 is 4.92 Å². The van der Waals surface area contributed by atoms with E-state index >= 15 is 0 Å². The number of non-ortho nitro benzene ring substituents is 1. The van der Waals surface area contributed by atoms with Crippen LogP contribution in [0.2, 0.25) is 0 Å². The summed E-state index contributed by atoms with van der Waals surface area (Å²) in [4.78, 5) is 32.6. The van der Waals surface area contributed by atoms with Gasteiger partial charge in [0.1, 0.15) is 5.03 Å². The molecular formula is C26H18N4O3S. The number of nitrogens with one attached hydrogen (secondary N) is 1. The lowest BCUT2D eigenvalue weighted by Crippen LogP contribution is -2.14. The fourth-order valence-corrected chi connectivity index (χ4v) is 4.47. The fourth-order valence-electron chi connectivity index (χ4n) is 3.66. The van der Waals surface area contributed by atoms with Crippen LogP contribution >= 0.6 is 11.8 Å². The standard InChI is InChI=1S/C26H18N4O3S/c31-23(27-19-11-13-20(14-12-19)30(32)33)16-34-26-22-15-10-17-6-4-5-9-21(17)24(22)28-25(29-26)18-7-2-1-3-8-18/h1-15H,16H2,(H,27,31). The van der Waals surface area contributed by atoms with Crippen molar-refractivity contribution < 1.29 is 9.72 Å². The minimum atomic E-state index is -0.476. The average molecular weight is 467 g/mol. The van der Waals surface area contributed by atoms with Crippen molar-refractivity contribution in [1.82, 2.24) is 9.97 Å². The molecule has 1 N–H and O–H groups in total. The number of fused-ring (bicyclic) bond motifs is 3. The molecule has 0 spiro atoms. The van der Waals surface area contributed by atoms with Crippen molar-refractivity contribution in [2.45, 2.75) is 5.03 Å². The smallest absolute Gasteiger partial charge is 0.269 e. The van der Waals surface area contributed by atoms with E-state index in [9.17, 15) is 14.9 Å². The molecule has 0 saturated carbocycles. The largest absolute Gasteiger partial charge is 0.325 e. The number of anilines is 1. The van der Waals surface area contributed by atoms with E-state index in [4.69, 9.17) is 9.97 Å². The third-order valence-corrected chi connectivity index (χ3v) is 6.28. The summed E-state index contributed by atoms with van der Waals surface area (Å²) in [7, 11) is 0. The number of hydrogen-bond acceptors (Lipinski definition) is 6. The second kappa shape index (κ2) is 9.29. The van der Waals surface area contributed by atoms with Gasteiger partial charge in [-0.15, -0.1) is 0 Å². The molecule has 0 radical (unpaired) electrons. The number of thioether (sulfide) groups is 1. The Hall–Kier alpha value is -4.30. The Morgan fingerprint density at radius 1 is 0.853 bits per heavy atom. The summed E-state index contributed by atoms with van der Waals surface area (Å²) in [6.07, 6.45) is 0. The zero-order valence-corrected chi connectivity index (χ0v) is 18.7. The molecule has 5 rings (SSSR count). The number of benzene rings is 4. The summed E-state index contributed by atoms with van der Waals surface area (Å²) in [5, 5.41) is 17.3. The SMILES string of the molecule is O=C(CSc1nc(-c2ccccc2)nc2c1ccc1ccccc12)Nc1ccc([N+](=O)[O-])cc1. The van der Waals surface area contributed by atoms with Crippen LogP contribution in [0.4, 0.5) is 11.4 Å². The minimum Gasteiger partial charge on any atom is -0.325 e. The first-order valence-corrected chi connectivity index (χ1v) is 11.5. The van der Waals surface area contributed by atoms with Gasteiger partial charge in [-0.1, -0.05) is 72.4 Å². The molecule has 5 aromatic rings. The molecule has 8 heteroatoms. The van der Waals surface area contributed by atoms with Crippen LogP contribution in [0.3, 0.4) is 0 Å². The number of aromatic nitrogens is 2. The topological polar surface area (TPSA) is 98.0 Å². The highest BCUT2D eigenvalue weighted by atomic mass is 32.2. The van der Waals surface area contributed by atoms with E-state index in [-0.39, 0.29) is 17.3 Å². The summed E-state index contributed by atoms with van der Waals surface area (Å²) >= 11 is 1.33. The molecular weight excluding hydrogens is 448 g/mol. The van der Waals surface area contributed by atoms with Crippen molar-refractivity contribution in [3.05, 3.63) is 101 Å². The van der Waals surface area contributed by atoms with Gasteiger partial charge in [0.25, 0.3) is 5.69 Å². The Balaban J connectivity index is 1.46. The molecule has 0 aliphatic rings. The molecule has 0 bridgehead atoms. The number of amides is 1. The molecule has 34 heavy (non-hydrogen) atoms. The van der Waals surface area contributed by atoms with Crippen LogP contribution in [-0.4, -0.2) is 26.6 Å². The molecule has 166 valence electrons. The minimum absolute atomic E-state index is 0.0273. The van der Waals surface area contributed by atoms with Crippen LogP contribution in [0.15, 0.2) is 96.0 Å². The Morgan fingerprint density at radius 3 is 2.35 bits per heavy atom. The Kier molecular flexibility index (Phi) is 5.88. The fraction of sp³-hybridized carbons (Fsp3) is 0.0385. The lowest BCUT2D eigenvalue weighted by atomic mass is 10.1. The van der Waals surface area contributed by atoms with Gasteiger partial charge in [-0.3, -0.25) is 14.9 Å². The average Bonchev–Trinajstić information content (AvgIpc) is 2.88. The normalized spacial score (nSPS) is 10.9. The Bertz CT molecular complexity index is 1520. The molecule has 0 unspecified atom stereocenters. The van der Waals surface area contributed by atoms with Crippen LogP contribution < -0.4 is 5.32 Å². The highest BCUT2D eigenvalue weighted by molar-refractivity contribution is 8.00. The first-order chi connectivity index (χ1) is 16.6. The molecule has 1 heterocycles. The maximum atomic E-state index is 12.6. The zero-order chi connectivity index (χ0) is 23.5. The maximum absolute atomic E-state index is 12.6. The van der Waals surface area contributed by atoms with Crippen LogP contribution in [0.1, 0.15) is 0 Å². The number of carbonyl (C=O) groups excluding carboxylic acids is 1. The van der Waals surface area contributed by atoms with E-state index in [0.717, 1.165) is 27.2 Å². The highest BCUT2D eigenvalue weighted by Crippen LogP contribution is 2.32. The molecule has 0 aliphatic carbocycles. The number of carbonyl (C=O) groups is 1. The summed E-state index contributed by atoms with van der Waals surface area (Å²) < 4.78 is 0. The van der Waals surface area contributed by atoms with E-state index in [1.165, 1.54) is 36.0 Å².